The molecule has 2 heterocycles. The number of hydrogen-bond donors (Lipinski definition) is 4. The topological polar surface area (TPSA) is 143 Å². The molecule has 2 aromatic carbocycles. The predicted molar refractivity (Wildman–Crippen MR) is 154 cm³/mol. The van der Waals surface area contributed by atoms with Gasteiger partial charge in [0, 0.05) is 62.8 Å². The maximum absolute atomic E-state index is 15.3. The minimum Gasteiger partial charge on any atom is -0.465 e. The van der Waals surface area contributed by atoms with E-state index in [2.05, 4.69) is 30.8 Å². The Morgan fingerprint density at radius 1 is 0.953 bits per heavy atom. The summed E-state index contributed by atoms with van der Waals surface area (Å²) in [5.74, 6) is -5.15. The van der Waals surface area contributed by atoms with Gasteiger partial charge in [-0.1, -0.05) is 6.07 Å². The summed E-state index contributed by atoms with van der Waals surface area (Å²) in [6.07, 6.45) is -0.265. The number of likely N-dealkylation sites (N-methyl/N-ethyl adjacent to an activating group) is 1. The van der Waals surface area contributed by atoms with E-state index in [1.54, 1.807) is 13.0 Å². The van der Waals surface area contributed by atoms with E-state index < -0.39 is 41.0 Å². The average Bonchev–Trinajstić information content (AvgIpc) is 2.96. The highest BCUT2D eigenvalue weighted by molar-refractivity contribution is 6.06. The molecule has 0 radical (unpaired) electrons. The summed E-state index contributed by atoms with van der Waals surface area (Å²) in [6, 6.07) is 4.97. The second-order valence-corrected chi connectivity index (χ2v) is 10.2. The molecular formula is C28H31F3N8O4. The maximum Gasteiger partial charge on any atom is 0.410 e. The summed E-state index contributed by atoms with van der Waals surface area (Å²) < 4.78 is 45.6. The number of anilines is 4. The molecule has 4 rings (SSSR count). The number of nitrogens with zero attached hydrogens (tertiary/aromatic N) is 5. The summed E-state index contributed by atoms with van der Waals surface area (Å²) >= 11 is 0. The van der Waals surface area contributed by atoms with Crippen LogP contribution >= 0.6 is 0 Å². The molecule has 1 aromatic heterocycles. The zero-order valence-corrected chi connectivity index (χ0v) is 24.0. The van der Waals surface area contributed by atoms with Crippen molar-refractivity contribution >= 4 is 41.0 Å². The third-order valence-corrected chi connectivity index (χ3v) is 7.16. The smallest absolute Gasteiger partial charge is 0.410 e. The Kier molecular flexibility index (Phi) is 9.46. The van der Waals surface area contributed by atoms with Crippen molar-refractivity contribution in [1.29, 1.82) is 0 Å². The summed E-state index contributed by atoms with van der Waals surface area (Å²) in [6.45, 7) is 5.73. The van der Waals surface area contributed by atoms with Crippen molar-refractivity contribution in [3.05, 3.63) is 70.3 Å². The number of carbonyl (C=O) groups is 3. The maximum atomic E-state index is 15.3. The van der Waals surface area contributed by atoms with Crippen LogP contribution in [0.2, 0.25) is 0 Å². The summed E-state index contributed by atoms with van der Waals surface area (Å²) in [5.41, 5.74) is -0.398. The van der Waals surface area contributed by atoms with Crippen molar-refractivity contribution in [1.82, 2.24) is 19.8 Å². The van der Waals surface area contributed by atoms with Crippen LogP contribution < -0.4 is 20.9 Å². The standard InChI is InChI=1S/C28H31F3N8O4/c1-15-5-6-17(11-19(15)35-27(41)38(4)21-12-20(32-14-33-21)36-28(42)43)34-26(40)22-23(29)16(2)18(24(30)25(22)31)13-39-9-7-37(3)8-10-39/h5-6,11-12,14H,7-10,13H2,1-4H3,(H,34,40)(H,35,41)(H,42,43)(H,32,33,36). The molecule has 228 valence electrons. The van der Waals surface area contributed by atoms with Crippen LogP contribution in [0.3, 0.4) is 0 Å². The van der Waals surface area contributed by atoms with Crippen molar-refractivity contribution < 1.29 is 32.7 Å². The third kappa shape index (κ3) is 7.18. The molecule has 4 N–H and O–H groups in total. The van der Waals surface area contributed by atoms with Crippen LogP contribution in [-0.2, 0) is 6.54 Å². The number of urea groups is 1. The van der Waals surface area contributed by atoms with Gasteiger partial charge in [0.25, 0.3) is 5.91 Å². The van der Waals surface area contributed by atoms with Crippen molar-refractivity contribution in [3.63, 3.8) is 0 Å². The minimum absolute atomic E-state index is 0.0170. The number of aryl methyl sites for hydroxylation is 1. The lowest BCUT2D eigenvalue weighted by Crippen LogP contribution is -2.44. The van der Waals surface area contributed by atoms with E-state index in [0.29, 0.717) is 18.7 Å². The summed E-state index contributed by atoms with van der Waals surface area (Å²) in [4.78, 5) is 49.6. The summed E-state index contributed by atoms with van der Waals surface area (Å²) in [7, 11) is 3.34. The Morgan fingerprint density at radius 2 is 1.65 bits per heavy atom. The predicted octanol–water partition coefficient (Wildman–Crippen LogP) is 4.27. The Balaban J connectivity index is 1.50. The fourth-order valence-electron chi connectivity index (χ4n) is 4.48. The number of nitrogens with one attached hydrogen (secondary N) is 3. The van der Waals surface area contributed by atoms with Gasteiger partial charge in [0.05, 0.1) is 0 Å². The first-order chi connectivity index (χ1) is 20.3. The SMILES string of the molecule is Cc1ccc(NC(=O)c2c(F)c(C)c(CN3CCN(C)CC3)c(F)c2F)cc1NC(=O)N(C)c1cc(NC(=O)O)ncn1. The van der Waals surface area contributed by atoms with Crippen molar-refractivity contribution in [2.45, 2.75) is 20.4 Å². The Morgan fingerprint density at radius 3 is 2.33 bits per heavy atom. The monoisotopic (exact) mass is 600 g/mol. The van der Waals surface area contributed by atoms with Gasteiger partial charge in [-0.05, 0) is 44.2 Å². The van der Waals surface area contributed by atoms with Crippen molar-refractivity contribution in [3.8, 4) is 0 Å². The van der Waals surface area contributed by atoms with E-state index in [9.17, 15) is 14.4 Å². The molecule has 0 atom stereocenters. The highest BCUT2D eigenvalue weighted by Gasteiger charge is 2.29. The molecule has 1 fully saturated rings. The van der Waals surface area contributed by atoms with Crippen LogP contribution in [0.5, 0.6) is 0 Å². The molecule has 3 aromatic rings. The van der Waals surface area contributed by atoms with Crippen LogP contribution in [0.4, 0.5) is 45.8 Å². The first kappa shape index (κ1) is 31.2. The van der Waals surface area contributed by atoms with Crippen LogP contribution in [-0.4, -0.2) is 83.2 Å². The van der Waals surface area contributed by atoms with Crippen LogP contribution in [0.1, 0.15) is 27.0 Å². The first-order valence-corrected chi connectivity index (χ1v) is 13.2. The lowest BCUT2D eigenvalue weighted by molar-refractivity contribution is 0.101. The van der Waals surface area contributed by atoms with Gasteiger partial charge < -0.3 is 20.6 Å². The second-order valence-electron chi connectivity index (χ2n) is 10.2. The molecule has 4 amide bonds. The normalized spacial score (nSPS) is 13.8. The number of halogens is 3. The van der Waals surface area contributed by atoms with Crippen LogP contribution in [0.15, 0.2) is 30.6 Å². The highest BCUT2D eigenvalue weighted by atomic mass is 19.2. The lowest BCUT2D eigenvalue weighted by atomic mass is 10.0. The minimum atomic E-state index is -1.58. The van der Waals surface area contributed by atoms with Gasteiger partial charge in [-0.3, -0.25) is 19.9 Å². The highest BCUT2D eigenvalue weighted by Crippen LogP contribution is 2.28. The van der Waals surface area contributed by atoms with Gasteiger partial charge in [-0.2, -0.15) is 0 Å². The quantitative estimate of drug-likeness (QED) is 0.295. The number of aromatic nitrogens is 2. The molecule has 1 aliphatic heterocycles. The fourth-order valence-corrected chi connectivity index (χ4v) is 4.48. The molecule has 0 unspecified atom stereocenters. The molecule has 0 saturated carbocycles. The van der Waals surface area contributed by atoms with E-state index in [-0.39, 0.29) is 40.7 Å². The number of amides is 4. The average molecular weight is 601 g/mol. The van der Waals surface area contributed by atoms with Crippen LogP contribution in [0.25, 0.3) is 0 Å². The Bertz CT molecular complexity index is 1530. The number of carboxylic acid groups (broad SMARTS) is 1. The lowest BCUT2D eigenvalue weighted by Gasteiger charge is -2.32. The van der Waals surface area contributed by atoms with Crippen molar-refractivity contribution in [2.24, 2.45) is 0 Å². The van der Waals surface area contributed by atoms with Gasteiger partial charge in [0.1, 0.15) is 29.3 Å². The second kappa shape index (κ2) is 13.0. The number of piperazine rings is 1. The third-order valence-electron chi connectivity index (χ3n) is 7.16. The van der Waals surface area contributed by atoms with Crippen molar-refractivity contribution in [2.75, 3.05) is 61.1 Å². The molecule has 1 aliphatic rings. The molecule has 1 saturated heterocycles. The zero-order valence-electron chi connectivity index (χ0n) is 24.0. The molecule has 15 heteroatoms. The number of benzene rings is 2. The van der Waals surface area contributed by atoms with Gasteiger partial charge in [0.2, 0.25) is 0 Å². The van der Waals surface area contributed by atoms with E-state index in [0.717, 1.165) is 24.3 Å². The molecule has 0 bridgehead atoms. The molecule has 0 spiro atoms. The molecule has 12 nitrogen and oxygen atoms in total. The van der Waals surface area contributed by atoms with Gasteiger partial charge in [0.15, 0.2) is 11.6 Å². The molecule has 43 heavy (non-hydrogen) atoms. The first-order valence-electron chi connectivity index (χ1n) is 13.2. The summed E-state index contributed by atoms with van der Waals surface area (Å²) in [5, 5.41) is 15.9. The molecule has 0 aliphatic carbocycles. The molecular weight excluding hydrogens is 569 g/mol. The zero-order chi connectivity index (χ0) is 31.4. The number of rotatable bonds is 7. The van der Waals surface area contributed by atoms with E-state index >= 15 is 13.2 Å². The van der Waals surface area contributed by atoms with Gasteiger partial charge in [-0.25, -0.2) is 32.7 Å². The van der Waals surface area contributed by atoms with Gasteiger partial charge in [-0.15, -0.1) is 0 Å². The van der Waals surface area contributed by atoms with Crippen LogP contribution in [0, 0.1) is 31.3 Å². The van der Waals surface area contributed by atoms with E-state index in [1.165, 1.54) is 32.2 Å². The fraction of sp³-hybridized carbons (Fsp3) is 0.321. The van der Waals surface area contributed by atoms with E-state index in [1.807, 2.05) is 11.9 Å². The number of hydrogen-bond acceptors (Lipinski definition) is 7. The Labute approximate surface area is 245 Å². The number of carbonyl (C=O) groups excluding carboxylic acids is 2. The Hall–Kier alpha value is -4.76. The van der Waals surface area contributed by atoms with Gasteiger partial charge >= 0.3 is 12.1 Å². The van der Waals surface area contributed by atoms with E-state index in [4.69, 9.17) is 5.11 Å². The largest absolute Gasteiger partial charge is 0.465 e.